The van der Waals surface area contributed by atoms with E-state index in [0.29, 0.717) is 18.1 Å². The van der Waals surface area contributed by atoms with E-state index < -0.39 is 11.8 Å². The molecule has 2 aromatic heterocycles. The van der Waals surface area contributed by atoms with Crippen LogP contribution in [0.2, 0.25) is 0 Å². The summed E-state index contributed by atoms with van der Waals surface area (Å²) in [6.07, 6.45) is 0. The van der Waals surface area contributed by atoms with Crippen molar-refractivity contribution in [3.05, 3.63) is 52.5 Å². The van der Waals surface area contributed by atoms with Crippen molar-refractivity contribution in [2.75, 3.05) is 7.11 Å². The Morgan fingerprint density at radius 3 is 2.69 bits per heavy atom. The van der Waals surface area contributed by atoms with Gasteiger partial charge in [0.25, 0.3) is 0 Å². The second kappa shape index (κ2) is 8.26. The number of benzene rings is 1. The Kier molecular flexibility index (Phi) is 5.59. The minimum Gasteiger partial charge on any atom is -0.497 e. The van der Waals surface area contributed by atoms with Gasteiger partial charge in [-0.05, 0) is 23.6 Å². The van der Waals surface area contributed by atoms with Crippen molar-refractivity contribution >= 4 is 23.2 Å². The van der Waals surface area contributed by atoms with Gasteiger partial charge in [0.2, 0.25) is 11.7 Å². The molecule has 2 N–H and O–H groups in total. The van der Waals surface area contributed by atoms with Crippen molar-refractivity contribution in [2.45, 2.75) is 13.1 Å². The molecule has 0 spiro atoms. The van der Waals surface area contributed by atoms with E-state index >= 15 is 0 Å². The number of hydrogen-bond donors (Lipinski definition) is 2. The molecule has 0 saturated carbocycles. The van der Waals surface area contributed by atoms with E-state index in [1.54, 1.807) is 19.2 Å². The molecule has 2 heterocycles. The smallest absolute Gasteiger partial charge is 0.309 e. The number of amides is 2. The first-order valence-electron chi connectivity index (χ1n) is 7.71. The predicted molar refractivity (Wildman–Crippen MR) is 94.3 cm³/mol. The summed E-state index contributed by atoms with van der Waals surface area (Å²) in [6, 6.07) is 10.9. The van der Waals surface area contributed by atoms with Crippen molar-refractivity contribution in [2.24, 2.45) is 0 Å². The maximum Gasteiger partial charge on any atom is 0.309 e. The zero-order chi connectivity index (χ0) is 18.4. The standard InChI is InChI=1S/C17H16N4O4S/c1-24-12-5-2-4-11(8-12)15-20-14(25-21-15)10-19-17(23)16(22)18-9-13-6-3-7-26-13/h2-8H,9-10H2,1H3,(H,18,22)(H,19,23). The molecule has 0 fully saturated rings. The summed E-state index contributed by atoms with van der Waals surface area (Å²) in [5, 5.41) is 10.8. The fraction of sp³-hybridized carbons (Fsp3) is 0.176. The molecule has 0 aliphatic carbocycles. The molecule has 1 aromatic carbocycles. The zero-order valence-corrected chi connectivity index (χ0v) is 14.7. The Morgan fingerprint density at radius 1 is 1.15 bits per heavy atom. The molecule has 3 aromatic rings. The summed E-state index contributed by atoms with van der Waals surface area (Å²) in [5.74, 6) is -0.240. The van der Waals surface area contributed by atoms with Crippen LogP contribution in [0.25, 0.3) is 11.4 Å². The van der Waals surface area contributed by atoms with Crippen molar-refractivity contribution in [1.82, 2.24) is 20.8 Å². The van der Waals surface area contributed by atoms with Crippen LogP contribution in [-0.4, -0.2) is 29.1 Å². The van der Waals surface area contributed by atoms with Gasteiger partial charge in [0, 0.05) is 10.4 Å². The molecule has 3 rings (SSSR count). The number of rotatable bonds is 6. The molecular weight excluding hydrogens is 356 g/mol. The van der Waals surface area contributed by atoms with E-state index in [2.05, 4.69) is 20.8 Å². The van der Waals surface area contributed by atoms with Gasteiger partial charge in [0.15, 0.2) is 0 Å². The number of hydrogen-bond acceptors (Lipinski definition) is 7. The fourth-order valence-electron chi connectivity index (χ4n) is 2.10. The first-order valence-corrected chi connectivity index (χ1v) is 8.59. The maximum absolute atomic E-state index is 11.8. The molecular formula is C17H16N4O4S. The van der Waals surface area contributed by atoms with Crippen LogP contribution < -0.4 is 15.4 Å². The molecule has 0 bridgehead atoms. The molecule has 8 nitrogen and oxygen atoms in total. The number of methoxy groups -OCH3 is 1. The van der Waals surface area contributed by atoms with Gasteiger partial charge in [-0.3, -0.25) is 9.59 Å². The third-order valence-corrected chi connectivity index (χ3v) is 4.28. The lowest BCUT2D eigenvalue weighted by Gasteiger charge is -2.03. The summed E-state index contributed by atoms with van der Waals surface area (Å²) < 4.78 is 10.2. The lowest BCUT2D eigenvalue weighted by atomic mass is 10.2. The van der Waals surface area contributed by atoms with Crippen molar-refractivity contribution in [3.8, 4) is 17.1 Å². The first-order chi connectivity index (χ1) is 12.7. The quantitative estimate of drug-likeness (QED) is 0.639. The number of carbonyl (C=O) groups excluding carboxylic acids is 2. The molecule has 9 heteroatoms. The maximum atomic E-state index is 11.8. The van der Waals surface area contributed by atoms with E-state index in [4.69, 9.17) is 9.26 Å². The van der Waals surface area contributed by atoms with Gasteiger partial charge >= 0.3 is 11.8 Å². The molecule has 0 aliphatic heterocycles. The number of aromatic nitrogens is 2. The Labute approximate surface area is 153 Å². The number of nitrogens with one attached hydrogen (secondary N) is 2. The summed E-state index contributed by atoms with van der Waals surface area (Å²) in [5.41, 5.74) is 0.722. The molecule has 134 valence electrons. The molecule has 26 heavy (non-hydrogen) atoms. The lowest BCUT2D eigenvalue weighted by Crippen LogP contribution is -2.39. The highest BCUT2D eigenvalue weighted by molar-refractivity contribution is 7.09. The van der Waals surface area contributed by atoms with Crippen molar-refractivity contribution < 1.29 is 18.8 Å². The van der Waals surface area contributed by atoms with Crippen LogP contribution in [0.3, 0.4) is 0 Å². The zero-order valence-electron chi connectivity index (χ0n) is 13.9. The Morgan fingerprint density at radius 2 is 1.96 bits per heavy atom. The summed E-state index contributed by atoms with van der Waals surface area (Å²) in [7, 11) is 1.57. The van der Waals surface area contributed by atoms with Gasteiger partial charge in [-0.15, -0.1) is 11.3 Å². The van der Waals surface area contributed by atoms with Gasteiger partial charge in [0.1, 0.15) is 5.75 Å². The highest BCUT2D eigenvalue weighted by Gasteiger charge is 2.15. The van der Waals surface area contributed by atoms with E-state index in [1.807, 2.05) is 29.6 Å². The lowest BCUT2D eigenvalue weighted by molar-refractivity contribution is -0.139. The van der Waals surface area contributed by atoms with E-state index in [0.717, 1.165) is 10.4 Å². The summed E-state index contributed by atoms with van der Waals surface area (Å²) in [4.78, 5) is 28.7. The number of ether oxygens (including phenoxy) is 1. The third kappa shape index (κ3) is 4.45. The normalized spacial score (nSPS) is 10.3. The van der Waals surface area contributed by atoms with Gasteiger partial charge in [-0.2, -0.15) is 4.98 Å². The van der Waals surface area contributed by atoms with Gasteiger partial charge in [-0.25, -0.2) is 0 Å². The van der Waals surface area contributed by atoms with E-state index in [1.165, 1.54) is 11.3 Å². The Hall–Kier alpha value is -3.20. The monoisotopic (exact) mass is 372 g/mol. The second-order valence-corrected chi connectivity index (χ2v) is 6.22. The molecule has 0 atom stereocenters. The van der Waals surface area contributed by atoms with Crippen LogP contribution in [0.4, 0.5) is 0 Å². The van der Waals surface area contributed by atoms with Crippen LogP contribution in [0, 0.1) is 0 Å². The summed E-state index contributed by atoms with van der Waals surface area (Å²) in [6.45, 7) is 0.271. The van der Waals surface area contributed by atoms with Crippen molar-refractivity contribution in [3.63, 3.8) is 0 Å². The molecule has 0 saturated heterocycles. The number of thiophene rings is 1. The fourth-order valence-corrected chi connectivity index (χ4v) is 2.75. The van der Waals surface area contributed by atoms with Crippen LogP contribution in [0.5, 0.6) is 5.75 Å². The molecule has 0 unspecified atom stereocenters. The van der Waals surface area contributed by atoms with E-state index in [-0.39, 0.29) is 12.4 Å². The van der Waals surface area contributed by atoms with Gasteiger partial charge in [0.05, 0.1) is 20.2 Å². The molecule has 0 aliphatic rings. The number of nitrogens with zero attached hydrogens (tertiary/aromatic N) is 2. The largest absolute Gasteiger partial charge is 0.497 e. The van der Waals surface area contributed by atoms with Crippen LogP contribution in [0.15, 0.2) is 46.3 Å². The minimum atomic E-state index is -0.761. The predicted octanol–water partition coefficient (Wildman–Crippen LogP) is 1.74. The Bertz CT molecular complexity index is 892. The highest BCUT2D eigenvalue weighted by Crippen LogP contribution is 2.21. The van der Waals surface area contributed by atoms with Gasteiger partial charge < -0.3 is 19.9 Å². The summed E-state index contributed by atoms with van der Waals surface area (Å²) >= 11 is 1.50. The van der Waals surface area contributed by atoms with Gasteiger partial charge in [-0.1, -0.05) is 23.4 Å². The minimum absolute atomic E-state index is 0.0395. The topological polar surface area (TPSA) is 106 Å². The molecule has 0 radical (unpaired) electrons. The van der Waals surface area contributed by atoms with Crippen LogP contribution in [0.1, 0.15) is 10.8 Å². The third-order valence-electron chi connectivity index (χ3n) is 3.41. The SMILES string of the molecule is COc1cccc(-c2noc(CNC(=O)C(=O)NCc3cccs3)n2)c1. The van der Waals surface area contributed by atoms with Crippen molar-refractivity contribution in [1.29, 1.82) is 0 Å². The molecule has 2 amide bonds. The number of carbonyl (C=O) groups is 2. The van der Waals surface area contributed by atoms with Crippen LogP contribution >= 0.6 is 11.3 Å². The average molecular weight is 372 g/mol. The second-order valence-electron chi connectivity index (χ2n) is 5.19. The highest BCUT2D eigenvalue weighted by atomic mass is 32.1. The van der Waals surface area contributed by atoms with Crippen LogP contribution in [-0.2, 0) is 22.7 Å². The average Bonchev–Trinajstić information content (AvgIpc) is 3.36. The first kappa shape index (κ1) is 17.6. The Balaban J connectivity index is 1.52. The van der Waals surface area contributed by atoms with E-state index in [9.17, 15) is 9.59 Å².